The number of ether oxygens (including phenoxy) is 2. The van der Waals surface area contributed by atoms with Gasteiger partial charge in [-0.25, -0.2) is 15.0 Å². The fraction of sp³-hybridized carbons (Fsp3) is 0.333. The number of rotatable bonds is 5. The van der Waals surface area contributed by atoms with E-state index in [4.69, 9.17) is 9.47 Å². The highest BCUT2D eigenvalue weighted by molar-refractivity contribution is 6.06. The van der Waals surface area contributed by atoms with Crippen molar-refractivity contribution >= 4 is 22.9 Å². The second-order valence-electron chi connectivity index (χ2n) is 6.31. The third-order valence-corrected chi connectivity index (χ3v) is 4.66. The van der Waals surface area contributed by atoms with E-state index in [9.17, 15) is 15.0 Å². The summed E-state index contributed by atoms with van der Waals surface area (Å²) in [4.78, 5) is 25.0. The number of amides is 1. The molecule has 0 bridgehead atoms. The number of nitrogens with zero attached hydrogens (tertiary/aromatic N) is 4. The molecule has 0 radical (unpaired) electrons. The second kappa shape index (κ2) is 7.60. The highest BCUT2D eigenvalue weighted by Crippen LogP contribution is 2.33. The number of imidazole rings is 1. The largest absolute Gasteiger partial charge is 0.394 e. The van der Waals surface area contributed by atoms with Gasteiger partial charge < -0.3 is 25.0 Å². The zero-order valence-electron chi connectivity index (χ0n) is 15.0. The molecule has 28 heavy (non-hydrogen) atoms. The van der Waals surface area contributed by atoms with Crippen molar-refractivity contribution in [3.63, 3.8) is 0 Å². The molecule has 1 unspecified atom stereocenters. The summed E-state index contributed by atoms with van der Waals surface area (Å²) in [5.41, 5.74) is 1.21. The summed E-state index contributed by atoms with van der Waals surface area (Å²) in [6.07, 6.45) is -0.512. The third kappa shape index (κ3) is 3.12. The lowest BCUT2D eigenvalue weighted by Crippen LogP contribution is -2.35. The smallest absolute Gasteiger partial charge is 0.256 e. The van der Waals surface area contributed by atoms with Crippen LogP contribution in [0.1, 0.15) is 16.6 Å². The van der Waals surface area contributed by atoms with Crippen molar-refractivity contribution in [1.29, 1.82) is 0 Å². The molecule has 2 aromatic heterocycles. The first-order valence-electron chi connectivity index (χ1n) is 8.65. The number of anilines is 1. The fourth-order valence-corrected chi connectivity index (χ4v) is 3.29. The Morgan fingerprint density at radius 3 is 2.75 bits per heavy atom. The minimum Gasteiger partial charge on any atom is -0.394 e. The van der Waals surface area contributed by atoms with Crippen LogP contribution in [-0.2, 0) is 9.47 Å². The molecule has 3 N–H and O–H groups in total. The topological polar surface area (TPSA) is 132 Å². The van der Waals surface area contributed by atoms with Crippen molar-refractivity contribution < 1.29 is 24.5 Å². The van der Waals surface area contributed by atoms with Crippen LogP contribution in [-0.4, -0.2) is 67.7 Å². The van der Waals surface area contributed by atoms with E-state index in [0.29, 0.717) is 16.7 Å². The number of fused-ring (bicyclic) bond motifs is 1. The molecule has 10 heteroatoms. The second-order valence-corrected chi connectivity index (χ2v) is 6.31. The summed E-state index contributed by atoms with van der Waals surface area (Å²) in [6, 6.07) is 8.73. The van der Waals surface area contributed by atoms with Crippen LogP contribution in [0.5, 0.6) is 0 Å². The van der Waals surface area contributed by atoms with E-state index in [2.05, 4.69) is 20.3 Å². The van der Waals surface area contributed by atoms with E-state index >= 15 is 0 Å². The minimum absolute atomic E-state index is 0.243. The molecule has 0 saturated carbocycles. The molecule has 1 amide bonds. The van der Waals surface area contributed by atoms with Crippen molar-refractivity contribution in [2.75, 3.05) is 19.0 Å². The molecule has 146 valence electrons. The zero-order valence-corrected chi connectivity index (χ0v) is 15.0. The van der Waals surface area contributed by atoms with Gasteiger partial charge in [0.05, 0.1) is 12.9 Å². The van der Waals surface area contributed by atoms with Gasteiger partial charge in [-0.3, -0.25) is 9.36 Å². The normalized spacial score (nSPS) is 24.5. The molecule has 1 aliphatic rings. The highest BCUT2D eigenvalue weighted by Gasteiger charge is 2.45. The predicted octanol–water partition coefficient (Wildman–Crippen LogP) is 0.344. The van der Waals surface area contributed by atoms with Crippen LogP contribution in [0.4, 0.5) is 5.82 Å². The molecular weight excluding hydrogens is 366 g/mol. The molecule has 4 atom stereocenters. The summed E-state index contributed by atoms with van der Waals surface area (Å²) < 4.78 is 12.5. The first-order valence-corrected chi connectivity index (χ1v) is 8.65. The monoisotopic (exact) mass is 385 g/mol. The minimum atomic E-state index is -1.03. The van der Waals surface area contributed by atoms with E-state index in [1.165, 1.54) is 24.3 Å². The lowest BCUT2D eigenvalue weighted by atomic mass is 10.1. The fourth-order valence-electron chi connectivity index (χ4n) is 3.29. The molecule has 3 heterocycles. The Morgan fingerprint density at radius 1 is 1.29 bits per heavy atom. The SMILES string of the molecule is CO[C@@H]1C(O)[C@H](n2cnc3c(NC(=O)c4ccccc4)ncnc32)O[C@@H]1CO. The molecule has 0 aliphatic carbocycles. The standard InChI is InChI=1S/C18H19N5O5/c1-27-14-11(7-24)28-18(13(14)25)23-9-21-12-15(19-8-20-16(12)23)22-17(26)10-5-3-2-4-6-10/h2-6,8-9,11,13-14,18,24-25H,7H2,1H3,(H,19,20,22,26)/t11-,13?,14+,18-/m1/s1. The van der Waals surface area contributed by atoms with Gasteiger partial charge in [-0.2, -0.15) is 0 Å². The molecule has 3 aromatic rings. The van der Waals surface area contributed by atoms with Gasteiger partial charge in [0.15, 0.2) is 23.2 Å². The molecular formula is C18H19N5O5. The lowest BCUT2D eigenvalue weighted by Gasteiger charge is -2.17. The molecule has 1 aliphatic heterocycles. The number of carbonyl (C=O) groups is 1. The van der Waals surface area contributed by atoms with Crippen molar-refractivity contribution in [2.45, 2.75) is 24.5 Å². The van der Waals surface area contributed by atoms with Gasteiger partial charge in [0.2, 0.25) is 0 Å². The van der Waals surface area contributed by atoms with Gasteiger partial charge in [0.25, 0.3) is 5.91 Å². The number of aromatic nitrogens is 4. The van der Waals surface area contributed by atoms with Crippen molar-refractivity contribution in [3.8, 4) is 0 Å². The number of hydrogen-bond acceptors (Lipinski definition) is 8. The number of nitrogens with one attached hydrogen (secondary N) is 1. The first-order chi connectivity index (χ1) is 13.6. The Hall–Kier alpha value is -2.92. The Morgan fingerprint density at radius 2 is 2.07 bits per heavy atom. The van der Waals surface area contributed by atoms with E-state index in [-0.39, 0.29) is 18.3 Å². The Kier molecular flexibility index (Phi) is 5.01. The lowest BCUT2D eigenvalue weighted by molar-refractivity contribution is -0.0535. The van der Waals surface area contributed by atoms with Crippen LogP contribution in [0.3, 0.4) is 0 Å². The van der Waals surface area contributed by atoms with E-state index < -0.39 is 24.5 Å². The van der Waals surface area contributed by atoms with Crippen molar-refractivity contribution in [2.24, 2.45) is 0 Å². The predicted molar refractivity (Wildman–Crippen MR) is 97.5 cm³/mol. The summed E-state index contributed by atoms with van der Waals surface area (Å²) in [5, 5.41) is 22.7. The van der Waals surface area contributed by atoms with E-state index in [0.717, 1.165) is 0 Å². The Labute approximate surface area is 159 Å². The third-order valence-electron chi connectivity index (χ3n) is 4.66. The number of aliphatic hydroxyl groups is 2. The van der Waals surface area contributed by atoms with Crippen LogP contribution in [0.25, 0.3) is 11.2 Å². The maximum absolute atomic E-state index is 12.4. The van der Waals surface area contributed by atoms with Gasteiger partial charge in [-0.15, -0.1) is 0 Å². The van der Waals surface area contributed by atoms with E-state index in [1.54, 1.807) is 24.3 Å². The average Bonchev–Trinajstić information content (AvgIpc) is 3.29. The quantitative estimate of drug-likeness (QED) is 0.573. The molecule has 0 spiro atoms. The van der Waals surface area contributed by atoms with Gasteiger partial charge in [-0.1, -0.05) is 18.2 Å². The summed E-state index contributed by atoms with van der Waals surface area (Å²) in [7, 11) is 1.44. The molecule has 4 rings (SSSR count). The van der Waals surface area contributed by atoms with Crippen molar-refractivity contribution in [1.82, 2.24) is 19.5 Å². The number of carbonyl (C=O) groups excluding carboxylic acids is 1. The average molecular weight is 385 g/mol. The van der Waals surface area contributed by atoms with Crippen LogP contribution < -0.4 is 5.32 Å². The van der Waals surface area contributed by atoms with Gasteiger partial charge in [-0.05, 0) is 12.1 Å². The van der Waals surface area contributed by atoms with Gasteiger partial charge in [0, 0.05) is 12.7 Å². The molecule has 1 aromatic carbocycles. The first kappa shape index (κ1) is 18.4. The number of benzene rings is 1. The number of methoxy groups -OCH3 is 1. The van der Waals surface area contributed by atoms with Gasteiger partial charge >= 0.3 is 0 Å². The highest BCUT2D eigenvalue weighted by atomic mass is 16.6. The maximum atomic E-state index is 12.4. The Balaban J connectivity index is 1.65. The molecule has 1 saturated heterocycles. The summed E-state index contributed by atoms with van der Waals surface area (Å²) in [6.45, 7) is -0.300. The Bertz CT molecular complexity index is 979. The van der Waals surface area contributed by atoms with E-state index in [1.807, 2.05) is 6.07 Å². The summed E-state index contributed by atoms with van der Waals surface area (Å²) in [5.74, 6) is -0.0841. The van der Waals surface area contributed by atoms with Gasteiger partial charge in [0.1, 0.15) is 24.6 Å². The van der Waals surface area contributed by atoms with Crippen LogP contribution in [0.15, 0.2) is 43.0 Å². The molecule has 10 nitrogen and oxygen atoms in total. The maximum Gasteiger partial charge on any atom is 0.256 e. The van der Waals surface area contributed by atoms with Crippen LogP contribution in [0, 0.1) is 0 Å². The summed E-state index contributed by atoms with van der Waals surface area (Å²) >= 11 is 0. The van der Waals surface area contributed by atoms with Crippen molar-refractivity contribution in [3.05, 3.63) is 48.5 Å². The van der Waals surface area contributed by atoms with Crippen LogP contribution in [0.2, 0.25) is 0 Å². The number of aliphatic hydroxyl groups excluding tert-OH is 2. The van der Waals surface area contributed by atoms with Crippen LogP contribution >= 0.6 is 0 Å². The number of hydrogen-bond donors (Lipinski definition) is 3. The zero-order chi connectivity index (χ0) is 19.7. The molecule has 1 fully saturated rings.